The van der Waals surface area contributed by atoms with Crippen LogP contribution in [-0.2, 0) is 21.2 Å². The monoisotopic (exact) mass is 566 g/mol. The van der Waals surface area contributed by atoms with Crippen LogP contribution >= 0.6 is 0 Å². The van der Waals surface area contributed by atoms with Gasteiger partial charge in [-0.05, 0) is 62.8 Å². The van der Waals surface area contributed by atoms with Crippen LogP contribution < -0.4 is 4.90 Å². The van der Waals surface area contributed by atoms with Crippen molar-refractivity contribution in [2.24, 2.45) is 5.92 Å². The molecule has 0 radical (unpaired) electrons. The molecule has 2 aromatic carbocycles. The zero-order valence-electron chi connectivity index (χ0n) is 22.9. The highest BCUT2D eigenvalue weighted by atomic mass is 32.2. The van der Waals surface area contributed by atoms with Crippen LogP contribution in [0, 0.1) is 18.7 Å². The summed E-state index contributed by atoms with van der Waals surface area (Å²) >= 11 is 0. The molecule has 6 rings (SSSR count). The number of aromatic nitrogens is 1. The number of nitrogens with zero attached hydrogens (tertiary/aromatic N) is 2. The number of fused-ring (bicyclic) bond motifs is 2. The number of benzene rings is 2. The van der Waals surface area contributed by atoms with Gasteiger partial charge in [-0.3, -0.25) is 4.79 Å². The number of carbonyl (C=O) groups is 1. The molecule has 0 amide bonds. The second kappa shape index (κ2) is 10.7. The Kier molecular flexibility index (Phi) is 7.29. The van der Waals surface area contributed by atoms with Gasteiger partial charge in [-0.2, -0.15) is 0 Å². The lowest BCUT2D eigenvalue weighted by atomic mass is 10.0. The maximum atomic E-state index is 15.2. The number of hydrogen-bond acceptors (Lipinski definition) is 7. The zero-order valence-corrected chi connectivity index (χ0v) is 23.8. The van der Waals surface area contributed by atoms with Gasteiger partial charge in [-0.25, -0.2) is 12.8 Å². The molecule has 3 aliphatic rings. The van der Waals surface area contributed by atoms with Crippen LogP contribution in [0.3, 0.4) is 0 Å². The van der Waals surface area contributed by atoms with Crippen LogP contribution in [0.25, 0.3) is 11.3 Å². The van der Waals surface area contributed by atoms with Gasteiger partial charge in [0.25, 0.3) is 0 Å². The average Bonchev–Trinajstić information content (AvgIpc) is 3.36. The number of Topliss-reactive ketones (excluding diaryl/α,β-unsaturated/α-hetero) is 1. The molecule has 0 spiro atoms. The Morgan fingerprint density at radius 2 is 1.98 bits per heavy atom. The molecule has 3 fully saturated rings. The van der Waals surface area contributed by atoms with E-state index in [-0.39, 0.29) is 29.4 Å². The number of hydrogen-bond donors (Lipinski definition) is 0. The molecule has 3 aromatic rings. The van der Waals surface area contributed by atoms with Gasteiger partial charge in [0.05, 0.1) is 24.2 Å². The highest BCUT2D eigenvalue weighted by Gasteiger charge is 2.46. The summed E-state index contributed by atoms with van der Waals surface area (Å²) < 4.78 is 51.6. The normalized spacial score (nSPS) is 22.3. The van der Waals surface area contributed by atoms with Gasteiger partial charge in [-0.1, -0.05) is 36.3 Å². The summed E-state index contributed by atoms with van der Waals surface area (Å²) in [5.41, 5.74) is 4.67. The van der Waals surface area contributed by atoms with E-state index in [1.165, 1.54) is 6.07 Å². The maximum Gasteiger partial charge on any atom is 0.177 e. The van der Waals surface area contributed by atoms with Crippen molar-refractivity contribution < 1.29 is 26.9 Å². The van der Waals surface area contributed by atoms with Crippen molar-refractivity contribution in [3.05, 3.63) is 70.7 Å². The molecule has 2 aliphatic carbocycles. The van der Waals surface area contributed by atoms with Gasteiger partial charge in [0.2, 0.25) is 0 Å². The van der Waals surface area contributed by atoms with E-state index in [1.54, 1.807) is 19.1 Å². The van der Waals surface area contributed by atoms with Crippen molar-refractivity contribution in [3.8, 4) is 11.3 Å². The second-order valence-corrected chi connectivity index (χ2v) is 13.7. The first-order valence-corrected chi connectivity index (χ1v) is 16.0. The second-order valence-electron chi connectivity index (χ2n) is 11.5. The van der Waals surface area contributed by atoms with E-state index in [2.05, 4.69) is 29.1 Å². The SMILES string of the molecule is CCCS(=O)(=O)CC(=O)c1ccc(N2C[C@@H]3C[C@H]2C[C@H]3OCc2c(-c3ccccc3C)noc2C2CC2)c(F)c1. The number of ketones is 1. The molecule has 1 aliphatic heterocycles. The van der Waals surface area contributed by atoms with Crippen LogP contribution in [0.4, 0.5) is 10.1 Å². The lowest BCUT2D eigenvalue weighted by Crippen LogP contribution is -2.39. The number of carbonyl (C=O) groups excluding carboxylic acids is 1. The molecule has 1 aromatic heterocycles. The lowest BCUT2D eigenvalue weighted by molar-refractivity contribution is 0.0122. The molecule has 212 valence electrons. The number of sulfone groups is 1. The first-order chi connectivity index (χ1) is 19.2. The topological polar surface area (TPSA) is 89.7 Å². The molecule has 40 heavy (non-hydrogen) atoms. The summed E-state index contributed by atoms with van der Waals surface area (Å²) in [7, 11) is -3.48. The fourth-order valence-electron chi connectivity index (χ4n) is 6.35. The summed E-state index contributed by atoms with van der Waals surface area (Å²) in [4.78, 5) is 14.5. The summed E-state index contributed by atoms with van der Waals surface area (Å²) in [5, 5.41) is 4.45. The minimum absolute atomic E-state index is 0.0500. The summed E-state index contributed by atoms with van der Waals surface area (Å²) in [6.45, 7) is 4.94. The largest absolute Gasteiger partial charge is 0.373 e. The van der Waals surface area contributed by atoms with Gasteiger partial charge < -0.3 is 14.2 Å². The number of rotatable bonds is 11. The smallest absolute Gasteiger partial charge is 0.177 e. The molecular weight excluding hydrogens is 531 g/mol. The van der Waals surface area contributed by atoms with E-state index >= 15 is 4.39 Å². The Labute approximate surface area is 234 Å². The predicted molar refractivity (Wildman–Crippen MR) is 151 cm³/mol. The Bertz CT molecular complexity index is 1530. The zero-order chi connectivity index (χ0) is 28.0. The van der Waals surface area contributed by atoms with E-state index in [1.807, 2.05) is 12.1 Å². The Morgan fingerprint density at radius 1 is 1.18 bits per heavy atom. The van der Waals surface area contributed by atoms with Crippen LogP contribution in [0.15, 0.2) is 47.0 Å². The van der Waals surface area contributed by atoms with Gasteiger partial charge in [0.15, 0.2) is 15.6 Å². The third kappa shape index (κ3) is 5.33. The van der Waals surface area contributed by atoms with Crippen molar-refractivity contribution in [1.29, 1.82) is 0 Å². The third-order valence-corrected chi connectivity index (χ3v) is 10.3. The molecule has 2 bridgehead atoms. The fourth-order valence-corrected chi connectivity index (χ4v) is 7.69. The molecule has 2 heterocycles. The van der Waals surface area contributed by atoms with Crippen LogP contribution in [0.5, 0.6) is 0 Å². The molecule has 2 saturated carbocycles. The number of ether oxygens (including phenoxy) is 1. The molecule has 3 atom stereocenters. The quantitative estimate of drug-likeness (QED) is 0.269. The molecule has 1 saturated heterocycles. The summed E-state index contributed by atoms with van der Waals surface area (Å²) in [5.74, 6) is -0.0640. The van der Waals surface area contributed by atoms with E-state index in [4.69, 9.17) is 9.26 Å². The van der Waals surface area contributed by atoms with E-state index in [9.17, 15) is 13.2 Å². The van der Waals surface area contributed by atoms with Gasteiger partial charge in [0.1, 0.15) is 23.0 Å². The number of aryl methyl sites for hydroxylation is 1. The predicted octanol–water partition coefficient (Wildman–Crippen LogP) is 5.86. The Morgan fingerprint density at radius 3 is 2.65 bits per heavy atom. The summed E-state index contributed by atoms with van der Waals surface area (Å²) in [6, 6.07) is 12.7. The van der Waals surface area contributed by atoms with Crippen LogP contribution in [0.2, 0.25) is 0 Å². The van der Waals surface area contributed by atoms with E-state index in [0.717, 1.165) is 53.8 Å². The molecule has 0 unspecified atom stereocenters. The lowest BCUT2D eigenvalue weighted by Gasteiger charge is -2.33. The average molecular weight is 567 g/mol. The van der Waals surface area contributed by atoms with Crippen molar-refractivity contribution in [3.63, 3.8) is 0 Å². The third-order valence-electron chi connectivity index (χ3n) is 8.53. The minimum atomic E-state index is -3.48. The maximum absolute atomic E-state index is 15.2. The van der Waals surface area contributed by atoms with Crippen molar-refractivity contribution in [2.75, 3.05) is 23.0 Å². The number of anilines is 1. The molecular formula is C31H35FN2O5S. The standard InChI is InChI=1S/C31H35FN2O5S/c1-3-12-40(36,37)18-28(35)21-10-11-27(26(32)14-21)34-16-22-13-23(34)15-29(22)38-17-25-30(24-7-5-4-6-19(24)2)33-39-31(25)20-8-9-20/h4-7,10-11,14,20,22-23,29H,3,8-9,12-13,15-18H2,1-2H3/t22-,23-,29+/m0/s1. The minimum Gasteiger partial charge on any atom is -0.373 e. The van der Waals surface area contributed by atoms with Gasteiger partial charge in [-0.15, -0.1) is 0 Å². The number of piperidine rings is 1. The van der Waals surface area contributed by atoms with Crippen molar-refractivity contribution in [2.45, 2.75) is 70.6 Å². The molecule has 0 N–H and O–H groups in total. The van der Waals surface area contributed by atoms with Crippen molar-refractivity contribution >= 4 is 21.3 Å². The molecule has 9 heteroatoms. The van der Waals surface area contributed by atoms with E-state index in [0.29, 0.717) is 31.2 Å². The fraction of sp³-hybridized carbons (Fsp3) is 0.484. The first kappa shape index (κ1) is 27.1. The first-order valence-electron chi connectivity index (χ1n) is 14.2. The van der Waals surface area contributed by atoms with Gasteiger partial charge in [0, 0.05) is 41.1 Å². The summed E-state index contributed by atoms with van der Waals surface area (Å²) in [6.07, 6.45) is 4.46. The van der Waals surface area contributed by atoms with Gasteiger partial charge >= 0.3 is 0 Å². The van der Waals surface area contributed by atoms with Crippen molar-refractivity contribution in [1.82, 2.24) is 5.16 Å². The Balaban J connectivity index is 1.12. The highest BCUT2D eigenvalue weighted by molar-refractivity contribution is 7.92. The molecule has 7 nitrogen and oxygen atoms in total. The van der Waals surface area contributed by atoms with Crippen LogP contribution in [0.1, 0.15) is 72.2 Å². The Hall–Kier alpha value is -3.04. The highest BCUT2D eigenvalue weighted by Crippen LogP contribution is 2.46. The van der Waals surface area contributed by atoms with Crippen LogP contribution in [-0.4, -0.2) is 49.6 Å². The number of halogens is 1. The van der Waals surface area contributed by atoms with E-state index < -0.39 is 27.2 Å².